The summed E-state index contributed by atoms with van der Waals surface area (Å²) in [7, 11) is 0. The predicted octanol–water partition coefficient (Wildman–Crippen LogP) is 3.46. The number of benzene rings is 1. The summed E-state index contributed by atoms with van der Waals surface area (Å²) in [6.07, 6.45) is 6.68. The summed E-state index contributed by atoms with van der Waals surface area (Å²) in [5, 5.41) is 2.03. The Bertz CT molecular complexity index is 640. The molecule has 1 aliphatic heterocycles. The smallest absolute Gasteiger partial charge is 0.124 e. The minimum absolute atomic E-state index is 0.120. The molecule has 3 N–H and O–H groups in total. The molecule has 1 heterocycles. The van der Waals surface area contributed by atoms with Gasteiger partial charge in [-0.1, -0.05) is 12.1 Å². The molecule has 0 amide bonds. The number of hydrogen-bond donors (Lipinski definition) is 2. The van der Waals surface area contributed by atoms with E-state index in [-0.39, 0.29) is 6.04 Å². The summed E-state index contributed by atoms with van der Waals surface area (Å²) < 4.78 is 14.3. The molecule has 0 radical (unpaired) electrons. The van der Waals surface area contributed by atoms with Crippen LogP contribution in [0, 0.1) is 5.92 Å². The van der Waals surface area contributed by atoms with E-state index in [0.717, 1.165) is 18.5 Å². The van der Waals surface area contributed by atoms with E-state index in [1.54, 1.807) is 13.8 Å². The molecular weight excluding hydrogens is 277 g/mol. The van der Waals surface area contributed by atoms with Gasteiger partial charge in [0.25, 0.3) is 0 Å². The van der Waals surface area contributed by atoms with Crippen molar-refractivity contribution >= 4 is 11.8 Å². The van der Waals surface area contributed by atoms with Crippen LogP contribution in [0.2, 0.25) is 0 Å². The second kappa shape index (κ2) is 4.72. The first kappa shape index (κ1) is 14.1. The van der Waals surface area contributed by atoms with Gasteiger partial charge in [-0.05, 0) is 56.7 Å². The number of anilines is 1. The van der Waals surface area contributed by atoms with Crippen molar-refractivity contribution in [3.63, 3.8) is 0 Å². The van der Waals surface area contributed by atoms with E-state index < -0.39 is 5.67 Å². The molecule has 3 nitrogen and oxygen atoms in total. The van der Waals surface area contributed by atoms with Crippen LogP contribution < -0.4 is 16.2 Å². The Labute approximate surface area is 131 Å². The number of alkyl halides is 1. The average Bonchev–Trinajstić information content (AvgIpc) is 3.21. The highest BCUT2D eigenvalue weighted by Crippen LogP contribution is 2.44. The van der Waals surface area contributed by atoms with Crippen molar-refractivity contribution in [3.8, 4) is 0 Å². The van der Waals surface area contributed by atoms with Crippen molar-refractivity contribution in [1.29, 1.82) is 0 Å². The van der Waals surface area contributed by atoms with Crippen molar-refractivity contribution < 1.29 is 4.39 Å². The molecule has 0 spiro atoms. The van der Waals surface area contributed by atoms with E-state index in [2.05, 4.69) is 23.6 Å². The Hall–Kier alpha value is -1.55. The lowest BCUT2D eigenvalue weighted by Crippen LogP contribution is -2.47. The van der Waals surface area contributed by atoms with Crippen molar-refractivity contribution in [2.45, 2.75) is 51.2 Å². The van der Waals surface area contributed by atoms with E-state index in [1.807, 2.05) is 5.01 Å². The van der Waals surface area contributed by atoms with Gasteiger partial charge in [0.15, 0.2) is 0 Å². The third-order valence-electron chi connectivity index (χ3n) is 4.85. The summed E-state index contributed by atoms with van der Waals surface area (Å²) in [5.74, 6) is 0.619. The molecule has 0 saturated heterocycles. The molecule has 2 aliphatic carbocycles. The van der Waals surface area contributed by atoms with Crippen molar-refractivity contribution in [2.75, 3.05) is 11.6 Å². The number of nitrogens with zero attached hydrogens (tertiary/aromatic N) is 1. The maximum atomic E-state index is 14.3. The van der Waals surface area contributed by atoms with Crippen LogP contribution in [0.15, 0.2) is 17.8 Å². The molecule has 0 aromatic heterocycles. The first-order valence-corrected chi connectivity index (χ1v) is 8.28. The first-order valence-electron chi connectivity index (χ1n) is 8.28. The minimum Gasteiger partial charge on any atom is -0.324 e. The number of hydrazine groups is 1. The Morgan fingerprint density at radius 3 is 2.77 bits per heavy atom. The van der Waals surface area contributed by atoms with Crippen LogP contribution in [-0.4, -0.2) is 12.2 Å². The number of nitrogens with one attached hydrogen (secondary N) is 1. The Kier molecular flexibility index (Phi) is 3.02. The summed E-state index contributed by atoms with van der Waals surface area (Å²) in [6.45, 7) is 3.62. The van der Waals surface area contributed by atoms with E-state index in [4.69, 9.17) is 5.73 Å². The summed E-state index contributed by atoms with van der Waals surface area (Å²) in [5.41, 5.74) is 14.6. The predicted molar refractivity (Wildman–Crippen MR) is 88.1 cm³/mol. The van der Waals surface area contributed by atoms with E-state index >= 15 is 0 Å². The zero-order chi connectivity index (χ0) is 15.5. The lowest BCUT2D eigenvalue weighted by molar-refractivity contribution is 0.218. The van der Waals surface area contributed by atoms with Crippen molar-refractivity contribution in [2.24, 2.45) is 11.7 Å². The normalized spacial score (nSPS) is 23.7. The van der Waals surface area contributed by atoms with Gasteiger partial charge in [0.05, 0.1) is 12.2 Å². The summed E-state index contributed by atoms with van der Waals surface area (Å²) in [4.78, 5) is 0. The zero-order valence-electron chi connectivity index (χ0n) is 13.3. The van der Waals surface area contributed by atoms with Gasteiger partial charge < -0.3 is 11.2 Å². The van der Waals surface area contributed by atoms with Gasteiger partial charge in [-0.25, -0.2) is 4.39 Å². The number of fused-ring (bicyclic) bond motifs is 3. The number of allylic oxidation sites excluding steroid dienone is 1. The molecule has 1 unspecified atom stereocenters. The Morgan fingerprint density at radius 2 is 2.09 bits per heavy atom. The second-order valence-corrected chi connectivity index (χ2v) is 7.51. The molecule has 118 valence electrons. The minimum atomic E-state index is -1.25. The van der Waals surface area contributed by atoms with Crippen LogP contribution in [0.25, 0.3) is 6.08 Å². The molecule has 1 fully saturated rings. The molecule has 0 bridgehead atoms. The van der Waals surface area contributed by atoms with E-state index in [0.29, 0.717) is 12.5 Å². The Balaban J connectivity index is 1.80. The van der Waals surface area contributed by atoms with E-state index in [1.165, 1.54) is 35.2 Å². The van der Waals surface area contributed by atoms with Crippen LogP contribution >= 0.6 is 0 Å². The molecule has 4 rings (SSSR count). The van der Waals surface area contributed by atoms with Crippen molar-refractivity contribution in [1.82, 2.24) is 5.43 Å². The molecule has 4 heteroatoms. The van der Waals surface area contributed by atoms with E-state index in [9.17, 15) is 4.39 Å². The van der Waals surface area contributed by atoms with Crippen LogP contribution in [0.1, 0.15) is 55.8 Å². The Morgan fingerprint density at radius 1 is 1.32 bits per heavy atom. The topological polar surface area (TPSA) is 41.3 Å². The second-order valence-electron chi connectivity index (χ2n) is 7.51. The number of halogens is 1. The van der Waals surface area contributed by atoms with Gasteiger partial charge in [-0.2, -0.15) is 0 Å². The summed E-state index contributed by atoms with van der Waals surface area (Å²) >= 11 is 0. The largest absolute Gasteiger partial charge is 0.324 e. The van der Waals surface area contributed by atoms with Crippen molar-refractivity contribution in [3.05, 3.63) is 34.5 Å². The van der Waals surface area contributed by atoms with Crippen LogP contribution in [-0.2, 0) is 6.42 Å². The van der Waals surface area contributed by atoms with Gasteiger partial charge in [-0.15, -0.1) is 0 Å². The van der Waals surface area contributed by atoms with Gasteiger partial charge in [-0.3, -0.25) is 5.01 Å². The number of nitrogens with two attached hydrogens (primary N) is 1. The fraction of sp³-hybridized carbons (Fsp3) is 0.556. The highest BCUT2D eigenvalue weighted by molar-refractivity contribution is 5.77. The molecule has 22 heavy (non-hydrogen) atoms. The molecule has 1 atom stereocenters. The third kappa shape index (κ3) is 2.39. The number of hydrogen-bond acceptors (Lipinski definition) is 3. The summed E-state index contributed by atoms with van der Waals surface area (Å²) in [6, 6.07) is 4.44. The standard InChI is InChI=1S/C18H24FN3/c1-18(2,19)10-22-17-12(9-16(21-22)11-3-4-11)5-6-13-14(17)7-8-15(13)20/h5-6,9,11,15,21H,3-4,7-8,10,20H2,1-2H3. The van der Waals surface area contributed by atoms with Gasteiger partial charge in [0, 0.05) is 23.2 Å². The van der Waals surface area contributed by atoms with Crippen LogP contribution in [0.4, 0.5) is 10.1 Å². The van der Waals surface area contributed by atoms with Gasteiger partial charge in [0.2, 0.25) is 0 Å². The zero-order valence-corrected chi connectivity index (χ0v) is 13.3. The van der Waals surface area contributed by atoms with Crippen LogP contribution in [0.3, 0.4) is 0 Å². The molecule has 3 aliphatic rings. The third-order valence-corrected chi connectivity index (χ3v) is 4.85. The lowest BCUT2D eigenvalue weighted by atomic mass is 9.98. The van der Waals surface area contributed by atoms with Crippen LogP contribution in [0.5, 0.6) is 0 Å². The SMILES string of the molecule is CC(C)(F)CN1NC(C2CC2)=Cc2ccc3c(c21)CCC3N. The molecule has 1 aromatic carbocycles. The fourth-order valence-corrected chi connectivity index (χ4v) is 3.68. The quantitative estimate of drug-likeness (QED) is 0.898. The van der Waals surface area contributed by atoms with Gasteiger partial charge in [0.1, 0.15) is 5.67 Å². The average molecular weight is 301 g/mol. The molecule has 1 aromatic rings. The number of rotatable bonds is 3. The molecular formula is C18H24FN3. The maximum Gasteiger partial charge on any atom is 0.124 e. The van der Waals surface area contributed by atoms with Gasteiger partial charge >= 0.3 is 0 Å². The lowest BCUT2D eigenvalue weighted by Gasteiger charge is -2.37. The highest BCUT2D eigenvalue weighted by Gasteiger charge is 2.35. The highest BCUT2D eigenvalue weighted by atomic mass is 19.1. The molecule has 1 saturated carbocycles. The maximum absolute atomic E-state index is 14.3. The monoisotopic (exact) mass is 301 g/mol. The fourth-order valence-electron chi connectivity index (χ4n) is 3.68. The first-order chi connectivity index (χ1) is 10.4.